The van der Waals surface area contributed by atoms with E-state index in [1.807, 2.05) is 0 Å². The maximum absolute atomic E-state index is 12.8. The maximum Gasteiger partial charge on any atom is 0.181 e. The number of aromatic hydroxyl groups is 1. The van der Waals surface area contributed by atoms with Crippen LogP contribution in [0.15, 0.2) is 59.6 Å². The molecule has 0 aliphatic carbocycles. The zero-order valence-electron chi connectivity index (χ0n) is 16.7. The topological polar surface area (TPSA) is 115 Å². The first-order valence-electron chi connectivity index (χ1n) is 9.79. The quantitative estimate of drug-likeness (QED) is 0.608. The summed E-state index contributed by atoms with van der Waals surface area (Å²) in [5.74, 6) is 6.09. The van der Waals surface area contributed by atoms with Gasteiger partial charge in [-0.25, -0.2) is 18.4 Å². The largest absolute Gasteiger partial charge is 0.508 e. The minimum atomic E-state index is -3.40. The van der Waals surface area contributed by atoms with Crippen LogP contribution < -0.4 is 5.73 Å². The number of hydrogen-bond donors (Lipinski definition) is 2. The SMILES string of the molecule is Nc1ncc(-c2ccc(S(=O)(=O)C3CCOCC3)cc2)nc1C#Cc1cccc(O)c1. The molecule has 0 radical (unpaired) electrons. The second kappa shape index (κ2) is 8.76. The van der Waals surface area contributed by atoms with Crippen molar-refractivity contribution in [1.82, 2.24) is 9.97 Å². The summed E-state index contributed by atoms with van der Waals surface area (Å²) in [4.78, 5) is 8.92. The number of anilines is 1. The molecule has 4 rings (SSSR count). The molecule has 7 nitrogen and oxygen atoms in total. The zero-order valence-corrected chi connectivity index (χ0v) is 17.5. The smallest absolute Gasteiger partial charge is 0.181 e. The summed E-state index contributed by atoms with van der Waals surface area (Å²) < 4.78 is 31.0. The van der Waals surface area contributed by atoms with Crippen molar-refractivity contribution in [3.63, 3.8) is 0 Å². The Morgan fingerprint density at radius 1 is 1.06 bits per heavy atom. The van der Waals surface area contributed by atoms with Gasteiger partial charge in [-0.2, -0.15) is 0 Å². The van der Waals surface area contributed by atoms with E-state index in [1.165, 1.54) is 12.3 Å². The van der Waals surface area contributed by atoms with Crippen molar-refractivity contribution in [1.29, 1.82) is 0 Å². The number of nitrogen functional groups attached to an aromatic ring is 1. The Bertz CT molecular complexity index is 1260. The summed E-state index contributed by atoms with van der Waals surface area (Å²) in [6.07, 6.45) is 2.54. The molecule has 0 bridgehead atoms. The van der Waals surface area contributed by atoms with Crippen LogP contribution in [0.1, 0.15) is 24.1 Å². The maximum atomic E-state index is 12.8. The first kappa shape index (κ1) is 20.8. The molecule has 0 unspecified atom stereocenters. The molecule has 1 fully saturated rings. The van der Waals surface area contributed by atoms with Gasteiger partial charge in [0.05, 0.1) is 22.0 Å². The van der Waals surface area contributed by atoms with Crippen LogP contribution in [0.25, 0.3) is 11.3 Å². The van der Waals surface area contributed by atoms with Gasteiger partial charge in [-0.3, -0.25) is 0 Å². The molecule has 2 heterocycles. The molecule has 0 spiro atoms. The predicted octanol–water partition coefficient (Wildman–Crippen LogP) is 2.78. The van der Waals surface area contributed by atoms with E-state index in [1.54, 1.807) is 42.5 Å². The summed E-state index contributed by atoms with van der Waals surface area (Å²) in [6.45, 7) is 0.935. The third kappa shape index (κ3) is 4.68. The molecule has 1 aromatic heterocycles. The molecule has 1 aliphatic heterocycles. The first-order valence-corrected chi connectivity index (χ1v) is 11.3. The average Bonchev–Trinajstić information content (AvgIpc) is 2.79. The Morgan fingerprint density at radius 3 is 2.52 bits per heavy atom. The van der Waals surface area contributed by atoms with Gasteiger partial charge >= 0.3 is 0 Å². The first-order chi connectivity index (χ1) is 14.9. The highest BCUT2D eigenvalue weighted by Gasteiger charge is 2.29. The van der Waals surface area contributed by atoms with Crippen molar-refractivity contribution in [3.8, 4) is 28.8 Å². The van der Waals surface area contributed by atoms with E-state index in [2.05, 4.69) is 21.8 Å². The Kier molecular flexibility index (Phi) is 5.89. The summed E-state index contributed by atoms with van der Waals surface area (Å²) >= 11 is 0. The van der Waals surface area contributed by atoms with Crippen molar-refractivity contribution >= 4 is 15.7 Å². The summed E-state index contributed by atoms with van der Waals surface area (Å²) in [5, 5.41) is 9.14. The van der Waals surface area contributed by atoms with Crippen LogP contribution in [0.4, 0.5) is 5.82 Å². The number of hydrogen-bond acceptors (Lipinski definition) is 7. The lowest BCUT2D eigenvalue weighted by atomic mass is 10.1. The fourth-order valence-electron chi connectivity index (χ4n) is 3.34. The number of rotatable bonds is 3. The lowest BCUT2D eigenvalue weighted by Gasteiger charge is -2.22. The molecule has 0 saturated carbocycles. The number of phenolic OH excluding ortho intramolecular Hbond substituents is 1. The van der Waals surface area contributed by atoms with Crippen LogP contribution in [0.3, 0.4) is 0 Å². The minimum Gasteiger partial charge on any atom is -0.508 e. The Balaban J connectivity index is 1.60. The monoisotopic (exact) mass is 435 g/mol. The van der Waals surface area contributed by atoms with Gasteiger partial charge in [0.2, 0.25) is 0 Å². The molecule has 3 N–H and O–H groups in total. The van der Waals surface area contributed by atoms with Crippen LogP contribution in [-0.4, -0.2) is 42.0 Å². The Morgan fingerprint density at radius 2 is 1.81 bits per heavy atom. The highest BCUT2D eigenvalue weighted by atomic mass is 32.2. The normalized spacial score (nSPS) is 14.6. The van der Waals surface area contributed by atoms with Crippen molar-refractivity contribution in [3.05, 3.63) is 66.0 Å². The second-order valence-corrected chi connectivity index (χ2v) is 9.40. The van der Waals surface area contributed by atoms with Crippen molar-refractivity contribution in [2.75, 3.05) is 18.9 Å². The Labute approximate surface area is 180 Å². The van der Waals surface area contributed by atoms with Gasteiger partial charge < -0.3 is 15.6 Å². The number of ether oxygens (including phenoxy) is 1. The van der Waals surface area contributed by atoms with Gasteiger partial charge in [0.25, 0.3) is 0 Å². The van der Waals surface area contributed by atoms with E-state index < -0.39 is 15.1 Å². The standard InChI is InChI=1S/C23H21N3O4S/c24-23-21(9-4-16-2-1-3-18(27)14-16)26-22(15-25-23)17-5-7-19(8-6-17)31(28,29)20-10-12-30-13-11-20/h1-3,5-8,14-15,20,27H,10-13H2,(H2,24,25). The third-order valence-corrected chi connectivity index (χ3v) is 7.34. The molecule has 1 saturated heterocycles. The minimum absolute atomic E-state index is 0.121. The third-order valence-electron chi connectivity index (χ3n) is 5.06. The summed E-state index contributed by atoms with van der Waals surface area (Å²) in [6, 6.07) is 13.2. The molecule has 0 amide bonds. The molecule has 31 heavy (non-hydrogen) atoms. The second-order valence-electron chi connectivity index (χ2n) is 7.17. The van der Waals surface area contributed by atoms with Gasteiger partial charge in [0.15, 0.2) is 21.3 Å². The van der Waals surface area contributed by atoms with Crippen molar-refractivity contribution in [2.45, 2.75) is 23.0 Å². The van der Waals surface area contributed by atoms with Gasteiger partial charge in [0, 0.05) is 24.3 Å². The van der Waals surface area contributed by atoms with Gasteiger partial charge in [-0.15, -0.1) is 0 Å². The average molecular weight is 436 g/mol. The number of phenols is 1. The van der Waals surface area contributed by atoms with E-state index in [4.69, 9.17) is 10.5 Å². The summed E-state index contributed by atoms with van der Waals surface area (Å²) in [5.41, 5.74) is 8.07. The predicted molar refractivity (Wildman–Crippen MR) is 117 cm³/mol. The van der Waals surface area contributed by atoms with E-state index in [0.717, 1.165) is 0 Å². The van der Waals surface area contributed by atoms with Crippen molar-refractivity contribution < 1.29 is 18.3 Å². The number of nitrogens with two attached hydrogens (primary N) is 1. The van der Waals surface area contributed by atoms with E-state index >= 15 is 0 Å². The van der Waals surface area contributed by atoms with Crippen LogP contribution in [0.5, 0.6) is 5.75 Å². The fourth-order valence-corrected chi connectivity index (χ4v) is 5.05. The number of aromatic nitrogens is 2. The molecule has 8 heteroatoms. The Hall–Kier alpha value is -3.41. The van der Waals surface area contributed by atoms with Crippen LogP contribution in [0, 0.1) is 11.8 Å². The lowest BCUT2D eigenvalue weighted by molar-refractivity contribution is 0.0983. The molecular formula is C23H21N3O4S. The van der Waals surface area contributed by atoms with Gasteiger partial charge in [-0.05, 0) is 49.1 Å². The summed E-state index contributed by atoms with van der Waals surface area (Å²) in [7, 11) is -3.40. The molecule has 1 aliphatic rings. The molecular weight excluding hydrogens is 414 g/mol. The molecule has 3 aromatic rings. The number of sulfone groups is 1. The van der Waals surface area contributed by atoms with Crippen LogP contribution >= 0.6 is 0 Å². The van der Waals surface area contributed by atoms with E-state index in [9.17, 15) is 13.5 Å². The molecule has 158 valence electrons. The molecule has 2 aromatic carbocycles. The fraction of sp³-hybridized carbons (Fsp3) is 0.217. The van der Waals surface area contributed by atoms with Crippen LogP contribution in [0.2, 0.25) is 0 Å². The highest BCUT2D eigenvalue weighted by molar-refractivity contribution is 7.92. The number of nitrogens with zero attached hydrogens (tertiary/aromatic N) is 2. The van der Waals surface area contributed by atoms with E-state index in [-0.39, 0.29) is 16.5 Å². The van der Waals surface area contributed by atoms with Crippen LogP contribution in [-0.2, 0) is 14.6 Å². The van der Waals surface area contributed by atoms with E-state index in [0.29, 0.717) is 48.6 Å². The van der Waals surface area contributed by atoms with Crippen molar-refractivity contribution in [2.24, 2.45) is 0 Å². The highest BCUT2D eigenvalue weighted by Crippen LogP contribution is 2.26. The van der Waals surface area contributed by atoms with Gasteiger partial charge in [-0.1, -0.05) is 24.1 Å². The zero-order chi connectivity index (χ0) is 21.8. The lowest BCUT2D eigenvalue weighted by Crippen LogP contribution is -2.28. The number of benzene rings is 2. The van der Waals surface area contributed by atoms with Gasteiger partial charge in [0.1, 0.15) is 5.75 Å². The molecule has 0 atom stereocenters.